The van der Waals surface area contributed by atoms with Gasteiger partial charge in [0.15, 0.2) is 5.65 Å². The van der Waals surface area contributed by atoms with Crippen molar-refractivity contribution in [2.45, 2.75) is 20.4 Å². The molecule has 0 spiro atoms. The maximum Gasteiger partial charge on any atom is 0.350 e. The van der Waals surface area contributed by atoms with Crippen LogP contribution in [0.2, 0.25) is 0 Å². The van der Waals surface area contributed by atoms with Gasteiger partial charge in [-0.3, -0.25) is 4.40 Å². The molecule has 1 N–H and O–H groups in total. The maximum atomic E-state index is 12.1. The molecule has 5 nitrogen and oxygen atoms in total. The molecule has 0 bridgehead atoms. The van der Waals surface area contributed by atoms with Crippen LogP contribution in [0.4, 0.5) is 5.69 Å². The fourth-order valence-electron chi connectivity index (χ4n) is 2.42. The van der Waals surface area contributed by atoms with E-state index in [4.69, 9.17) is 0 Å². The van der Waals surface area contributed by atoms with Gasteiger partial charge in [0.1, 0.15) is 0 Å². The zero-order valence-electron chi connectivity index (χ0n) is 12.2. The molecule has 3 rings (SSSR count). The number of anilines is 1. The molecule has 0 radical (unpaired) electrons. The third-order valence-corrected chi connectivity index (χ3v) is 3.51. The van der Waals surface area contributed by atoms with Crippen molar-refractivity contribution in [3.05, 3.63) is 64.2 Å². The first-order chi connectivity index (χ1) is 10.1. The van der Waals surface area contributed by atoms with Gasteiger partial charge in [-0.05, 0) is 37.6 Å². The summed E-state index contributed by atoms with van der Waals surface area (Å²) in [6, 6.07) is 11.8. The average Bonchev–Trinajstić information content (AvgIpc) is 2.79. The van der Waals surface area contributed by atoms with Gasteiger partial charge in [0.05, 0.1) is 6.54 Å². The Labute approximate surface area is 122 Å². The van der Waals surface area contributed by atoms with Crippen LogP contribution in [0.15, 0.2) is 47.4 Å². The Balaban J connectivity index is 1.72. The van der Waals surface area contributed by atoms with E-state index >= 15 is 0 Å². The van der Waals surface area contributed by atoms with Gasteiger partial charge < -0.3 is 5.32 Å². The second-order valence-corrected chi connectivity index (χ2v) is 5.18. The smallest absolute Gasteiger partial charge is 0.350 e. The Morgan fingerprint density at radius 2 is 2.05 bits per heavy atom. The molecule has 0 amide bonds. The lowest BCUT2D eigenvalue weighted by Crippen LogP contribution is -2.24. The summed E-state index contributed by atoms with van der Waals surface area (Å²) in [4.78, 5) is 12.1. The molecule has 0 saturated carbocycles. The fraction of sp³-hybridized carbons (Fsp3) is 0.250. The molecular weight excluding hydrogens is 264 g/mol. The fourth-order valence-corrected chi connectivity index (χ4v) is 2.42. The molecule has 3 aromatic rings. The van der Waals surface area contributed by atoms with Crippen LogP contribution in [-0.4, -0.2) is 20.7 Å². The quantitative estimate of drug-likeness (QED) is 0.798. The highest BCUT2D eigenvalue weighted by molar-refractivity contribution is 5.51. The molecule has 0 fully saturated rings. The number of fused-ring (bicyclic) bond motifs is 1. The molecule has 1 aromatic carbocycles. The summed E-state index contributed by atoms with van der Waals surface area (Å²) in [5.74, 6) is 0. The van der Waals surface area contributed by atoms with Crippen LogP contribution in [0, 0.1) is 13.8 Å². The van der Waals surface area contributed by atoms with E-state index in [-0.39, 0.29) is 5.69 Å². The van der Waals surface area contributed by atoms with Crippen LogP contribution in [-0.2, 0) is 6.54 Å². The molecule has 0 atom stereocenters. The lowest BCUT2D eigenvalue weighted by atomic mass is 10.1. The second-order valence-electron chi connectivity index (χ2n) is 5.18. The van der Waals surface area contributed by atoms with Crippen molar-refractivity contribution in [1.29, 1.82) is 0 Å². The summed E-state index contributed by atoms with van der Waals surface area (Å²) >= 11 is 0. The van der Waals surface area contributed by atoms with Crippen molar-refractivity contribution in [2.24, 2.45) is 0 Å². The van der Waals surface area contributed by atoms with Gasteiger partial charge in [-0.25, -0.2) is 9.48 Å². The summed E-state index contributed by atoms with van der Waals surface area (Å²) in [6.07, 6.45) is 1.73. The standard InChI is InChI=1S/C16H18N4O/c1-12-6-7-14(13(2)11-12)17-8-10-20-16(21)19-9-4-3-5-15(19)18-20/h3-7,9,11,17H,8,10H2,1-2H3. The number of benzene rings is 1. The summed E-state index contributed by atoms with van der Waals surface area (Å²) in [7, 11) is 0. The number of nitrogens with zero attached hydrogens (tertiary/aromatic N) is 3. The Kier molecular flexibility index (Phi) is 3.48. The predicted octanol–water partition coefficient (Wildman–Crippen LogP) is 2.22. The van der Waals surface area contributed by atoms with Crippen molar-refractivity contribution in [3.8, 4) is 0 Å². The highest BCUT2D eigenvalue weighted by atomic mass is 16.2. The molecule has 5 heteroatoms. The number of hydrogen-bond donors (Lipinski definition) is 1. The number of hydrogen-bond acceptors (Lipinski definition) is 3. The maximum absolute atomic E-state index is 12.1. The van der Waals surface area contributed by atoms with Crippen molar-refractivity contribution in [2.75, 3.05) is 11.9 Å². The number of aromatic nitrogens is 3. The molecule has 108 valence electrons. The van der Waals surface area contributed by atoms with Crippen molar-refractivity contribution >= 4 is 11.3 Å². The van der Waals surface area contributed by atoms with E-state index in [0.717, 1.165) is 5.69 Å². The van der Waals surface area contributed by atoms with Crippen LogP contribution in [0.25, 0.3) is 5.65 Å². The van der Waals surface area contributed by atoms with E-state index < -0.39 is 0 Å². The Morgan fingerprint density at radius 3 is 2.81 bits per heavy atom. The lowest BCUT2D eigenvalue weighted by Gasteiger charge is -2.09. The molecule has 0 aliphatic carbocycles. The van der Waals surface area contributed by atoms with Gasteiger partial charge in [0.25, 0.3) is 0 Å². The summed E-state index contributed by atoms with van der Waals surface area (Å²) in [5.41, 5.74) is 4.12. The summed E-state index contributed by atoms with van der Waals surface area (Å²) < 4.78 is 3.04. The van der Waals surface area contributed by atoms with Crippen LogP contribution < -0.4 is 11.0 Å². The lowest BCUT2D eigenvalue weighted by molar-refractivity contribution is 0.614. The van der Waals surface area contributed by atoms with Crippen LogP contribution in [0.5, 0.6) is 0 Å². The van der Waals surface area contributed by atoms with Crippen molar-refractivity contribution in [3.63, 3.8) is 0 Å². The number of pyridine rings is 1. The van der Waals surface area contributed by atoms with Crippen LogP contribution in [0.3, 0.4) is 0 Å². The van der Waals surface area contributed by atoms with E-state index in [1.165, 1.54) is 15.8 Å². The minimum atomic E-state index is -0.104. The van der Waals surface area contributed by atoms with Gasteiger partial charge in [-0.2, -0.15) is 0 Å². The van der Waals surface area contributed by atoms with E-state index in [2.05, 4.69) is 42.5 Å². The van der Waals surface area contributed by atoms with E-state index in [1.807, 2.05) is 18.2 Å². The summed E-state index contributed by atoms with van der Waals surface area (Å²) in [5, 5.41) is 7.66. The molecule has 0 aliphatic rings. The largest absolute Gasteiger partial charge is 0.383 e. The highest BCUT2D eigenvalue weighted by Crippen LogP contribution is 2.15. The Morgan fingerprint density at radius 1 is 1.19 bits per heavy atom. The van der Waals surface area contributed by atoms with Gasteiger partial charge in [0.2, 0.25) is 0 Å². The number of nitrogens with one attached hydrogen (secondary N) is 1. The molecule has 0 saturated heterocycles. The molecule has 2 aromatic heterocycles. The SMILES string of the molecule is Cc1ccc(NCCn2nc3ccccn3c2=O)c(C)c1. The molecule has 0 aliphatic heterocycles. The first kappa shape index (κ1) is 13.4. The van der Waals surface area contributed by atoms with Gasteiger partial charge in [0, 0.05) is 18.4 Å². The molecule has 2 heterocycles. The zero-order valence-corrected chi connectivity index (χ0v) is 12.2. The monoisotopic (exact) mass is 282 g/mol. The zero-order chi connectivity index (χ0) is 14.8. The second kappa shape index (κ2) is 5.44. The minimum Gasteiger partial charge on any atom is -0.383 e. The highest BCUT2D eigenvalue weighted by Gasteiger charge is 2.05. The first-order valence-electron chi connectivity index (χ1n) is 7.00. The van der Waals surface area contributed by atoms with Crippen LogP contribution in [0.1, 0.15) is 11.1 Å². The summed E-state index contributed by atoms with van der Waals surface area (Å²) in [6.45, 7) is 5.35. The van der Waals surface area contributed by atoms with Gasteiger partial charge in [-0.15, -0.1) is 5.10 Å². The topological polar surface area (TPSA) is 51.3 Å². The predicted molar refractivity (Wildman–Crippen MR) is 83.9 cm³/mol. The Bertz CT molecular complexity index is 832. The van der Waals surface area contributed by atoms with E-state index in [9.17, 15) is 4.79 Å². The van der Waals surface area contributed by atoms with Gasteiger partial charge in [-0.1, -0.05) is 23.8 Å². The Hall–Kier alpha value is -2.56. The van der Waals surface area contributed by atoms with Crippen LogP contribution >= 0.6 is 0 Å². The third-order valence-electron chi connectivity index (χ3n) is 3.51. The first-order valence-corrected chi connectivity index (χ1v) is 7.00. The van der Waals surface area contributed by atoms with E-state index in [1.54, 1.807) is 10.6 Å². The normalized spacial score (nSPS) is 11.0. The van der Waals surface area contributed by atoms with Crippen molar-refractivity contribution < 1.29 is 0 Å². The third kappa shape index (κ3) is 2.67. The average molecular weight is 282 g/mol. The number of aryl methyl sites for hydroxylation is 2. The molecule has 21 heavy (non-hydrogen) atoms. The number of rotatable bonds is 4. The minimum absolute atomic E-state index is 0.104. The van der Waals surface area contributed by atoms with E-state index in [0.29, 0.717) is 18.7 Å². The van der Waals surface area contributed by atoms with Crippen molar-refractivity contribution in [1.82, 2.24) is 14.2 Å². The van der Waals surface area contributed by atoms with Gasteiger partial charge >= 0.3 is 5.69 Å². The molecular formula is C16H18N4O. The molecule has 0 unspecified atom stereocenters.